The predicted molar refractivity (Wildman–Crippen MR) is 84.2 cm³/mol. The molecule has 0 atom stereocenters. The van der Waals surface area contributed by atoms with Crippen molar-refractivity contribution in [2.45, 2.75) is 43.0 Å². The van der Waals surface area contributed by atoms with Crippen LogP contribution in [0.5, 0.6) is 0 Å². The van der Waals surface area contributed by atoms with Crippen LogP contribution in [0.3, 0.4) is 0 Å². The Kier molecular flexibility index (Phi) is 5.43. The SMILES string of the molecule is CCCNCc1ccc(Sc2nc(C)cs2)c(C)c1. The van der Waals surface area contributed by atoms with Gasteiger partial charge in [0, 0.05) is 22.5 Å². The van der Waals surface area contributed by atoms with Gasteiger partial charge >= 0.3 is 0 Å². The summed E-state index contributed by atoms with van der Waals surface area (Å²) in [7, 11) is 0. The highest BCUT2D eigenvalue weighted by atomic mass is 32.2. The molecule has 1 aromatic heterocycles. The standard InChI is InChI=1S/C15H20N2S2/c1-4-7-16-9-13-5-6-14(11(2)8-13)19-15-17-12(3)10-18-15/h5-6,8,10,16H,4,7,9H2,1-3H3. The highest BCUT2D eigenvalue weighted by Crippen LogP contribution is 2.32. The lowest BCUT2D eigenvalue weighted by Gasteiger charge is -2.08. The average Bonchev–Trinajstić information content (AvgIpc) is 2.79. The van der Waals surface area contributed by atoms with Gasteiger partial charge in [-0.2, -0.15) is 0 Å². The first-order valence-electron chi connectivity index (χ1n) is 6.59. The Morgan fingerprint density at radius 1 is 1.32 bits per heavy atom. The number of nitrogens with one attached hydrogen (secondary N) is 1. The third kappa shape index (κ3) is 4.34. The quantitative estimate of drug-likeness (QED) is 0.798. The molecule has 0 aliphatic rings. The largest absolute Gasteiger partial charge is 0.313 e. The van der Waals surface area contributed by atoms with Crippen LogP contribution in [0.25, 0.3) is 0 Å². The van der Waals surface area contributed by atoms with Crippen molar-refractivity contribution in [2.24, 2.45) is 0 Å². The van der Waals surface area contributed by atoms with E-state index < -0.39 is 0 Å². The van der Waals surface area contributed by atoms with E-state index in [1.165, 1.54) is 22.4 Å². The van der Waals surface area contributed by atoms with Crippen molar-refractivity contribution in [2.75, 3.05) is 6.54 Å². The maximum atomic E-state index is 4.50. The van der Waals surface area contributed by atoms with Gasteiger partial charge in [0.05, 0.1) is 0 Å². The van der Waals surface area contributed by atoms with Gasteiger partial charge in [-0.05, 0) is 44.0 Å². The van der Waals surface area contributed by atoms with Gasteiger partial charge in [0.1, 0.15) is 0 Å². The average molecular weight is 292 g/mol. The number of hydrogen-bond acceptors (Lipinski definition) is 4. The summed E-state index contributed by atoms with van der Waals surface area (Å²) in [6, 6.07) is 6.68. The normalized spacial score (nSPS) is 10.9. The molecule has 0 aliphatic carbocycles. The summed E-state index contributed by atoms with van der Waals surface area (Å²) in [5.41, 5.74) is 3.78. The third-order valence-electron chi connectivity index (χ3n) is 2.79. The van der Waals surface area contributed by atoms with Crippen LogP contribution in [0.15, 0.2) is 32.8 Å². The molecule has 102 valence electrons. The molecule has 0 fully saturated rings. The molecule has 0 aliphatic heterocycles. The van der Waals surface area contributed by atoms with E-state index in [-0.39, 0.29) is 0 Å². The topological polar surface area (TPSA) is 24.9 Å². The first-order chi connectivity index (χ1) is 9.19. The zero-order valence-corrected chi connectivity index (χ0v) is 13.3. The molecule has 1 heterocycles. The molecule has 0 bridgehead atoms. The summed E-state index contributed by atoms with van der Waals surface area (Å²) in [5.74, 6) is 0. The fraction of sp³-hybridized carbons (Fsp3) is 0.400. The summed E-state index contributed by atoms with van der Waals surface area (Å²) < 4.78 is 1.12. The van der Waals surface area contributed by atoms with Crippen molar-refractivity contribution in [1.82, 2.24) is 10.3 Å². The van der Waals surface area contributed by atoms with Crippen molar-refractivity contribution in [3.05, 3.63) is 40.4 Å². The van der Waals surface area contributed by atoms with Crippen LogP contribution >= 0.6 is 23.1 Å². The molecule has 19 heavy (non-hydrogen) atoms. The lowest BCUT2D eigenvalue weighted by atomic mass is 10.1. The minimum absolute atomic E-state index is 0.954. The molecule has 0 spiro atoms. The summed E-state index contributed by atoms with van der Waals surface area (Å²) in [6.45, 7) is 8.43. The van der Waals surface area contributed by atoms with Crippen LogP contribution in [0, 0.1) is 13.8 Å². The van der Waals surface area contributed by atoms with Crippen molar-refractivity contribution >= 4 is 23.1 Å². The number of benzene rings is 1. The van der Waals surface area contributed by atoms with Gasteiger partial charge in [-0.3, -0.25) is 0 Å². The van der Waals surface area contributed by atoms with Gasteiger partial charge in [0.25, 0.3) is 0 Å². The van der Waals surface area contributed by atoms with Crippen molar-refractivity contribution < 1.29 is 0 Å². The van der Waals surface area contributed by atoms with E-state index in [0.29, 0.717) is 0 Å². The Balaban J connectivity index is 2.02. The summed E-state index contributed by atoms with van der Waals surface area (Å²) in [6.07, 6.45) is 1.18. The fourth-order valence-corrected chi connectivity index (χ4v) is 3.68. The Labute approximate surface area is 123 Å². The van der Waals surface area contributed by atoms with E-state index in [2.05, 4.69) is 47.7 Å². The molecule has 0 radical (unpaired) electrons. The number of hydrogen-bond donors (Lipinski definition) is 1. The van der Waals surface area contributed by atoms with Crippen LogP contribution in [0.1, 0.15) is 30.2 Å². The van der Waals surface area contributed by atoms with Gasteiger partial charge in [0.15, 0.2) is 4.34 Å². The monoisotopic (exact) mass is 292 g/mol. The Morgan fingerprint density at radius 2 is 2.16 bits per heavy atom. The first-order valence-corrected chi connectivity index (χ1v) is 8.29. The summed E-state index contributed by atoms with van der Waals surface area (Å²) >= 11 is 3.47. The fourth-order valence-electron chi connectivity index (χ4n) is 1.82. The van der Waals surface area contributed by atoms with Crippen molar-refractivity contribution in [1.29, 1.82) is 0 Å². The van der Waals surface area contributed by atoms with Gasteiger partial charge in [-0.15, -0.1) is 11.3 Å². The van der Waals surface area contributed by atoms with Gasteiger partial charge in [0.2, 0.25) is 0 Å². The Bertz CT molecular complexity index is 535. The van der Waals surface area contributed by atoms with Crippen LogP contribution in [-0.4, -0.2) is 11.5 Å². The maximum absolute atomic E-state index is 4.50. The lowest BCUT2D eigenvalue weighted by Crippen LogP contribution is -2.13. The van der Waals surface area contributed by atoms with Crippen LogP contribution in [0.2, 0.25) is 0 Å². The smallest absolute Gasteiger partial charge is 0.154 e. The predicted octanol–water partition coefficient (Wildman–Crippen LogP) is 4.41. The van der Waals surface area contributed by atoms with E-state index in [1.807, 2.05) is 6.92 Å². The highest BCUT2D eigenvalue weighted by Gasteiger charge is 2.05. The van der Waals surface area contributed by atoms with E-state index in [1.54, 1.807) is 23.1 Å². The second kappa shape index (κ2) is 7.08. The number of aryl methyl sites for hydroxylation is 2. The molecule has 2 rings (SSSR count). The molecule has 0 unspecified atom stereocenters. The zero-order chi connectivity index (χ0) is 13.7. The van der Waals surface area contributed by atoms with Crippen LogP contribution < -0.4 is 5.32 Å². The highest BCUT2D eigenvalue weighted by molar-refractivity contribution is 8.01. The lowest BCUT2D eigenvalue weighted by molar-refractivity contribution is 0.675. The zero-order valence-electron chi connectivity index (χ0n) is 11.7. The molecular weight excluding hydrogens is 272 g/mol. The Hall–Kier alpha value is -0.840. The van der Waals surface area contributed by atoms with Crippen LogP contribution in [0.4, 0.5) is 0 Å². The molecule has 2 nitrogen and oxygen atoms in total. The molecule has 1 aromatic carbocycles. The molecule has 1 N–H and O–H groups in total. The third-order valence-corrected chi connectivity index (χ3v) is 5.02. The summed E-state index contributed by atoms with van der Waals surface area (Å²) in [4.78, 5) is 5.80. The van der Waals surface area contributed by atoms with E-state index in [9.17, 15) is 0 Å². The number of nitrogens with zero attached hydrogens (tertiary/aromatic N) is 1. The molecule has 0 saturated heterocycles. The Morgan fingerprint density at radius 3 is 2.79 bits per heavy atom. The van der Waals surface area contributed by atoms with Gasteiger partial charge in [-0.25, -0.2) is 4.98 Å². The minimum atomic E-state index is 0.954. The minimum Gasteiger partial charge on any atom is -0.313 e. The summed E-state index contributed by atoms with van der Waals surface area (Å²) in [5, 5.41) is 5.53. The molecular formula is C15H20N2S2. The van der Waals surface area contributed by atoms with E-state index in [4.69, 9.17) is 0 Å². The number of aromatic nitrogens is 1. The first kappa shape index (κ1) is 14.6. The molecule has 0 amide bonds. The second-order valence-corrected chi connectivity index (χ2v) is 6.78. The second-order valence-electron chi connectivity index (χ2n) is 4.63. The van der Waals surface area contributed by atoms with Gasteiger partial charge in [-0.1, -0.05) is 30.8 Å². The van der Waals surface area contributed by atoms with E-state index >= 15 is 0 Å². The van der Waals surface area contributed by atoms with Crippen molar-refractivity contribution in [3.8, 4) is 0 Å². The van der Waals surface area contributed by atoms with Crippen LogP contribution in [-0.2, 0) is 6.54 Å². The molecule has 0 saturated carbocycles. The number of rotatable bonds is 6. The van der Waals surface area contributed by atoms with Crippen molar-refractivity contribution in [3.63, 3.8) is 0 Å². The number of thiazole rings is 1. The molecule has 2 aromatic rings. The molecule has 4 heteroatoms. The van der Waals surface area contributed by atoms with E-state index in [0.717, 1.165) is 23.1 Å². The van der Waals surface area contributed by atoms with Gasteiger partial charge < -0.3 is 5.32 Å². The maximum Gasteiger partial charge on any atom is 0.154 e.